The zero-order chi connectivity index (χ0) is 20.9. The van der Waals surface area contributed by atoms with Gasteiger partial charge in [-0.3, -0.25) is 9.48 Å². The number of carbonyl (C=O) groups excluding carboxylic acids is 1. The fraction of sp³-hybridized carbons (Fsp3) is 0.409. The SMILES string of the molecule is Cc1ccnn1CCCNC(=O)c1ccn(COc2ccc(C(C)(C)C)cc2)n1. The van der Waals surface area contributed by atoms with Crippen molar-refractivity contribution in [2.45, 2.75) is 52.8 Å². The summed E-state index contributed by atoms with van der Waals surface area (Å²) >= 11 is 0. The number of hydrogen-bond donors (Lipinski definition) is 1. The van der Waals surface area contributed by atoms with Crippen LogP contribution in [0.15, 0.2) is 48.8 Å². The van der Waals surface area contributed by atoms with E-state index in [1.807, 2.05) is 29.8 Å². The molecule has 2 heterocycles. The quantitative estimate of drug-likeness (QED) is 0.592. The first kappa shape index (κ1) is 20.6. The highest BCUT2D eigenvalue weighted by atomic mass is 16.5. The summed E-state index contributed by atoms with van der Waals surface area (Å²) in [7, 11) is 0. The van der Waals surface area contributed by atoms with Gasteiger partial charge in [-0.2, -0.15) is 10.2 Å². The van der Waals surface area contributed by atoms with Gasteiger partial charge in [0.05, 0.1) is 0 Å². The number of hydrogen-bond acceptors (Lipinski definition) is 4. The number of aryl methyl sites for hydroxylation is 2. The van der Waals surface area contributed by atoms with Crippen LogP contribution in [0.25, 0.3) is 0 Å². The van der Waals surface area contributed by atoms with E-state index in [0.717, 1.165) is 24.4 Å². The highest BCUT2D eigenvalue weighted by molar-refractivity contribution is 5.92. The van der Waals surface area contributed by atoms with E-state index in [2.05, 4.69) is 48.4 Å². The van der Waals surface area contributed by atoms with E-state index in [1.165, 1.54) is 5.56 Å². The standard InChI is InChI=1S/C22H29N5O2/c1-17-10-13-24-27(17)14-5-12-23-21(28)20-11-15-26(25-20)16-29-19-8-6-18(7-9-19)22(2,3)4/h6-11,13,15H,5,12,14,16H2,1-4H3,(H,23,28). The van der Waals surface area contributed by atoms with Crippen molar-refractivity contribution in [2.24, 2.45) is 0 Å². The minimum atomic E-state index is -0.185. The summed E-state index contributed by atoms with van der Waals surface area (Å²) in [5.74, 6) is 0.587. The van der Waals surface area contributed by atoms with Gasteiger partial charge in [0.25, 0.3) is 5.91 Å². The Balaban J connectivity index is 1.43. The second kappa shape index (κ2) is 8.94. The van der Waals surface area contributed by atoms with Crippen LogP contribution in [-0.2, 0) is 18.7 Å². The summed E-state index contributed by atoms with van der Waals surface area (Å²) in [5, 5.41) is 11.4. The van der Waals surface area contributed by atoms with Gasteiger partial charge in [0.2, 0.25) is 0 Å². The van der Waals surface area contributed by atoms with Crippen LogP contribution in [0.2, 0.25) is 0 Å². The molecular weight excluding hydrogens is 366 g/mol. The van der Waals surface area contributed by atoms with E-state index in [9.17, 15) is 4.79 Å². The Morgan fingerprint density at radius 2 is 1.90 bits per heavy atom. The third-order valence-corrected chi connectivity index (χ3v) is 4.72. The van der Waals surface area contributed by atoms with Gasteiger partial charge in [-0.1, -0.05) is 32.9 Å². The number of rotatable bonds is 8. The van der Waals surface area contributed by atoms with Crippen LogP contribution in [0.1, 0.15) is 48.9 Å². The molecule has 0 spiro atoms. The molecule has 0 radical (unpaired) electrons. The molecular formula is C22H29N5O2. The number of nitrogens with zero attached hydrogens (tertiary/aromatic N) is 4. The van der Waals surface area contributed by atoms with Gasteiger partial charge in [-0.15, -0.1) is 0 Å². The Labute approximate surface area is 171 Å². The Morgan fingerprint density at radius 1 is 1.14 bits per heavy atom. The first-order valence-corrected chi connectivity index (χ1v) is 9.86. The van der Waals surface area contributed by atoms with Gasteiger partial charge in [0.1, 0.15) is 11.4 Å². The second-order valence-electron chi connectivity index (χ2n) is 8.09. The van der Waals surface area contributed by atoms with E-state index in [1.54, 1.807) is 23.1 Å². The van der Waals surface area contributed by atoms with E-state index in [4.69, 9.17) is 4.74 Å². The predicted octanol–water partition coefficient (Wildman–Crippen LogP) is 3.54. The second-order valence-corrected chi connectivity index (χ2v) is 8.09. The average molecular weight is 396 g/mol. The average Bonchev–Trinajstić information content (AvgIpc) is 3.32. The Morgan fingerprint density at radius 3 is 2.55 bits per heavy atom. The molecule has 3 aromatic rings. The van der Waals surface area contributed by atoms with Gasteiger partial charge < -0.3 is 10.1 Å². The number of amides is 1. The lowest BCUT2D eigenvalue weighted by Gasteiger charge is -2.19. The molecule has 0 saturated heterocycles. The van der Waals surface area contributed by atoms with E-state index < -0.39 is 0 Å². The molecule has 0 atom stereocenters. The van der Waals surface area contributed by atoms with Crippen LogP contribution in [0.5, 0.6) is 5.75 Å². The van der Waals surface area contributed by atoms with Gasteiger partial charge in [0.15, 0.2) is 6.73 Å². The van der Waals surface area contributed by atoms with Crippen molar-refractivity contribution in [3.63, 3.8) is 0 Å². The molecule has 1 N–H and O–H groups in total. The van der Waals surface area contributed by atoms with Crippen LogP contribution in [0.4, 0.5) is 0 Å². The number of ether oxygens (including phenoxy) is 1. The Kier molecular flexibility index (Phi) is 6.36. The maximum atomic E-state index is 12.2. The summed E-state index contributed by atoms with van der Waals surface area (Å²) in [5.41, 5.74) is 2.86. The number of nitrogens with one attached hydrogen (secondary N) is 1. The molecule has 2 aromatic heterocycles. The summed E-state index contributed by atoms with van der Waals surface area (Å²) < 4.78 is 9.30. The number of aromatic nitrogens is 4. The predicted molar refractivity (Wildman–Crippen MR) is 112 cm³/mol. The third-order valence-electron chi connectivity index (χ3n) is 4.72. The third kappa shape index (κ3) is 5.70. The monoisotopic (exact) mass is 395 g/mol. The highest BCUT2D eigenvalue weighted by Gasteiger charge is 2.13. The van der Waals surface area contributed by atoms with Crippen LogP contribution in [-0.4, -0.2) is 32.0 Å². The van der Waals surface area contributed by atoms with Crippen molar-refractivity contribution in [3.8, 4) is 5.75 Å². The Hall–Kier alpha value is -3.09. The maximum Gasteiger partial charge on any atom is 0.271 e. The molecule has 0 unspecified atom stereocenters. The summed E-state index contributed by atoms with van der Waals surface area (Å²) in [4.78, 5) is 12.2. The van der Waals surface area contributed by atoms with Crippen LogP contribution in [0.3, 0.4) is 0 Å². The number of benzene rings is 1. The molecule has 1 amide bonds. The molecule has 0 aliphatic rings. The lowest BCUT2D eigenvalue weighted by atomic mass is 9.87. The molecule has 0 fully saturated rings. The van der Waals surface area contributed by atoms with Crippen molar-refractivity contribution in [3.05, 3.63) is 65.7 Å². The van der Waals surface area contributed by atoms with E-state index >= 15 is 0 Å². The molecule has 7 heteroatoms. The normalized spacial score (nSPS) is 11.4. The summed E-state index contributed by atoms with van der Waals surface area (Å²) in [6.07, 6.45) is 4.33. The van der Waals surface area contributed by atoms with Crippen LogP contribution >= 0.6 is 0 Å². The molecule has 7 nitrogen and oxygen atoms in total. The minimum Gasteiger partial charge on any atom is -0.471 e. The fourth-order valence-electron chi connectivity index (χ4n) is 2.90. The van der Waals surface area contributed by atoms with Crippen LogP contribution < -0.4 is 10.1 Å². The molecule has 1 aromatic carbocycles. The van der Waals surface area contributed by atoms with E-state index in [0.29, 0.717) is 12.2 Å². The van der Waals surface area contributed by atoms with Gasteiger partial charge in [-0.25, -0.2) is 4.68 Å². The van der Waals surface area contributed by atoms with Gasteiger partial charge in [-0.05, 0) is 48.6 Å². The summed E-state index contributed by atoms with van der Waals surface area (Å²) in [6.45, 7) is 10.1. The Bertz CT molecular complexity index is 935. The summed E-state index contributed by atoms with van der Waals surface area (Å²) in [6, 6.07) is 11.7. The van der Waals surface area contributed by atoms with Crippen molar-refractivity contribution in [1.29, 1.82) is 0 Å². The van der Waals surface area contributed by atoms with Crippen LogP contribution in [0, 0.1) is 6.92 Å². The minimum absolute atomic E-state index is 0.111. The van der Waals surface area contributed by atoms with Gasteiger partial charge in [0, 0.05) is 31.2 Å². The molecule has 0 saturated carbocycles. The van der Waals surface area contributed by atoms with Crippen molar-refractivity contribution < 1.29 is 9.53 Å². The maximum absolute atomic E-state index is 12.2. The molecule has 0 aliphatic carbocycles. The number of carbonyl (C=O) groups is 1. The molecule has 29 heavy (non-hydrogen) atoms. The first-order chi connectivity index (χ1) is 13.8. The van der Waals surface area contributed by atoms with Crippen molar-refractivity contribution in [1.82, 2.24) is 24.9 Å². The highest BCUT2D eigenvalue weighted by Crippen LogP contribution is 2.24. The lowest BCUT2D eigenvalue weighted by molar-refractivity contribution is 0.0945. The fourth-order valence-corrected chi connectivity index (χ4v) is 2.90. The topological polar surface area (TPSA) is 74.0 Å². The zero-order valence-corrected chi connectivity index (χ0v) is 17.6. The smallest absolute Gasteiger partial charge is 0.271 e. The van der Waals surface area contributed by atoms with Crippen molar-refractivity contribution >= 4 is 5.91 Å². The largest absolute Gasteiger partial charge is 0.471 e. The zero-order valence-electron chi connectivity index (χ0n) is 17.6. The molecule has 0 bridgehead atoms. The molecule has 3 rings (SSSR count). The molecule has 0 aliphatic heterocycles. The lowest BCUT2D eigenvalue weighted by Crippen LogP contribution is -2.26. The molecule has 154 valence electrons. The van der Waals surface area contributed by atoms with E-state index in [-0.39, 0.29) is 18.1 Å². The van der Waals surface area contributed by atoms with Gasteiger partial charge >= 0.3 is 0 Å². The van der Waals surface area contributed by atoms with Crippen molar-refractivity contribution in [2.75, 3.05) is 6.54 Å². The first-order valence-electron chi connectivity index (χ1n) is 9.86.